The molecule has 16 heteroatoms. The number of hydrogen-bond acceptors (Lipinski definition) is 9. The zero-order valence-corrected chi connectivity index (χ0v) is 40.9. The van der Waals surface area contributed by atoms with Gasteiger partial charge in [0.1, 0.15) is 35.4 Å². The van der Waals surface area contributed by atoms with Crippen LogP contribution in [-0.2, 0) is 46.3 Å². The summed E-state index contributed by atoms with van der Waals surface area (Å²) in [6, 6.07) is 14.1. The van der Waals surface area contributed by atoms with Crippen LogP contribution in [-0.4, -0.2) is 120 Å². The molecule has 5 N–H and O–H groups in total. The van der Waals surface area contributed by atoms with Crippen molar-refractivity contribution in [1.29, 1.82) is 0 Å². The Hall–Kier alpha value is -5.67. The number of carbonyl (C=O) groups is 7. The number of nitrogens with zero attached hydrogens (tertiary/aromatic N) is 2. The van der Waals surface area contributed by atoms with Gasteiger partial charge in [-0.2, -0.15) is 0 Å². The molecule has 2 saturated heterocycles. The molecule has 1 saturated carbocycles. The normalized spacial score (nSPS) is 17.5. The summed E-state index contributed by atoms with van der Waals surface area (Å²) in [6.45, 7) is 17.1. The van der Waals surface area contributed by atoms with Crippen LogP contribution in [0.15, 0.2) is 60.7 Å². The van der Waals surface area contributed by atoms with Crippen molar-refractivity contribution in [3.63, 3.8) is 0 Å². The molecule has 0 aromatic heterocycles. The first-order chi connectivity index (χ1) is 31.6. The lowest BCUT2D eigenvalue weighted by atomic mass is 9.71. The van der Waals surface area contributed by atoms with Crippen LogP contribution in [0.1, 0.15) is 118 Å². The standard InChI is InChI=1S/C51H75N7O9/c1-34(2)29-39(54-43(60)40(30-35-17-11-9-12-18-35)55-44(61)41(31-36-19-13-10-14-20-36)56-48(65)67-50(6,7)8)42(59)53-38(21-15-16-26-52-47(64)66-49(3,4)5)46(63)57-27-24-51(25-28-57)32-58(33-51)45(62)37-22-23-37/h9-14,17-20,34,37-41H,15-16,21-33H2,1-8H3,(H,52,64)(H,53,59)(H,54,60)(H,55,61)(H,56,65)/t38-,39?,40-,41-/m1/s1. The van der Waals surface area contributed by atoms with Gasteiger partial charge < -0.3 is 45.9 Å². The summed E-state index contributed by atoms with van der Waals surface area (Å²) in [6.07, 6.45) is 3.86. The summed E-state index contributed by atoms with van der Waals surface area (Å²) in [7, 11) is 0. The minimum absolute atomic E-state index is 0.000876. The van der Waals surface area contributed by atoms with Gasteiger partial charge in [0.2, 0.25) is 29.5 Å². The topological polar surface area (TPSA) is 205 Å². The number of piperidine rings is 1. The number of hydrogen-bond donors (Lipinski definition) is 5. The SMILES string of the molecule is CC(C)CC(NC(=O)[C@@H](Cc1ccccc1)NC(=O)[C@@H](Cc1ccccc1)NC(=O)OC(C)(C)C)C(=O)N[C@H](CCCCNC(=O)OC(C)(C)C)C(=O)N1CCC2(CC1)CN(C(=O)C1CC1)C2. The van der Waals surface area contributed by atoms with Gasteiger partial charge in [0.05, 0.1) is 0 Å². The average Bonchev–Trinajstić information content (AvgIpc) is 4.09. The zero-order valence-electron chi connectivity index (χ0n) is 40.9. The quantitative estimate of drug-likeness (QED) is 0.107. The van der Waals surface area contributed by atoms with Gasteiger partial charge in [0.25, 0.3) is 0 Å². The molecule has 2 aliphatic heterocycles. The second-order valence-corrected chi connectivity index (χ2v) is 21.1. The predicted octanol–water partition coefficient (Wildman–Crippen LogP) is 5.42. The molecule has 5 rings (SSSR count). The summed E-state index contributed by atoms with van der Waals surface area (Å²) in [4.78, 5) is 99.2. The monoisotopic (exact) mass is 930 g/mol. The number of nitrogens with one attached hydrogen (secondary N) is 5. The molecule has 1 unspecified atom stereocenters. The molecular weight excluding hydrogens is 855 g/mol. The van der Waals surface area contributed by atoms with E-state index in [1.165, 1.54) is 0 Å². The van der Waals surface area contributed by atoms with Crippen molar-refractivity contribution >= 4 is 41.7 Å². The van der Waals surface area contributed by atoms with Gasteiger partial charge in [-0.1, -0.05) is 74.5 Å². The van der Waals surface area contributed by atoms with E-state index in [2.05, 4.69) is 26.6 Å². The summed E-state index contributed by atoms with van der Waals surface area (Å²) in [5, 5.41) is 14.2. The highest BCUT2D eigenvalue weighted by Gasteiger charge is 2.50. The van der Waals surface area contributed by atoms with Crippen LogP contribution in [0.3, 0.4) is 0 Å². The maximum absolute atomic E-state index is 14.5. The molecule has 368 valence electrons. The van der Waals surface area contributed by atoms with E-state index in [-0.39, 0.29) is 54.7 Å². The highest BCUT2D eigenvalue weighted by molar-refractivity contribution is 5.95. The summed E-state index contributed by atoms with van der Waals surface area (Å²) >= 11 is 0. The van der Waals surface area contributed by atoms with E-state index in [9.17, 15) is 33.6 Å². The highest BCUT2D eigenvalue weighted by Crippen LogP contribution is 2.43. The highest BCUT2D eigenvalue weighted by atomic mass is 16.6. The molecule has 16 nitrogen and oxygen atoms in total. The number of carbonyl (C=O) groups excluding carboxylic acids is 7. The Labute approximate surface area is 396 Å². The lowest BCUT2D eigenvalue weighted by Crippen LogP contribution is -2.63. The first-order valence-electron chi connectivity index (χ1n) is 24.1. The Morgan fingerprint density at radius 2 is 1.10 bits per heavy atom. The maximum Gasteiger partial charge on any atom is 0.408 e. The van der Waals surface area contributed by atoms with Crippen LogP contribution in [0, 0.1) is 17.3 Å². The first kappa shape index (κ1) is 52.3. The maximum atomic E-state index is 14.5. The molecule has 0 radical (unpaired) electrons. The molecule has 2 heterocycles. The van der Waals surface area contributed by atoms with Gasteiger partial charge >= 0.3 is 12.2 Å². The number of ether oxygens (including phenoxy) is 2. The largest absolute Gasteiger partial charge is 0.444 e. The zero-order chi connectivity index (χ0) is 48.9. The molecule has 2 aromatic carbocycles. The van der Waals surface area contributed by atoms with Crippen molar-refractivity contribution in [3.05, 3.63) is 71.8 Å². The van der Waals surface area contributed by atoms with Crippen molar-refractivity contribution in [3.8, 4) is 0 Å². The van der Waals surface area contributed by atoms with E-state index in [1.54, 1.807) is 46.4 Å². The third-order valence-electron chi connectivity index (χ3n) is 12.2. The fourth-order valence-electron chi connectivity index (χ4n) is 8.57. The van der Waals surface area contributed by atoms with E-state index >= 15 is 0 Å². The van der Waals surface area contributed by atoms with Crippen molar-refractivity contribution in [1.82, 2.24) is 36.4 Å². The molecule has 4 atom stereocenters. The van der Waals surface area contributed by atoms with Crippen LogP contribution in [0.2, 0.25) is 0 Å². The number of unbranched alkanes of at least 4 members (excludes halogenated alkanes) is 1. The van der Waals surface area contributed by atoms with Crippen LogP contribution in [0.4, 0.5) is 9.59 Å². The molecule has 7 amide bonds. The summed E-state index contributed by atoms with van der Waals surface area (Å²) in [5.41, 5.74) is 0.0571. The van der Waals surface area contributed by atoms with Crippen LogP contribution in [0.25, 0.3) is 0 Å². The van der Waals surface area contributed by atoms with Crippen molar-refractivity contribution < 1.29 is 43.0 Å². The number of benzene rings is 2. The Morgan fingerprint density at radius 1 is 0.627 bits per heavy atom. The van der Waals surface area contributed by atoms with Gasteiger partial charge in [-0.25, -0.2) is 9.59 Å². The molecule has 1 aliphatic carbocycles. The van der Waals surface area contributed by atoms with Crippen LogP contribution < -0.4 is 26.6 Å². The predicted molar refractivity (Wildman–Crippen MR) is 254 cm³/mol. The third kappa shape index (κ3) is 17.2. The molecular formula is C51H75N7O9. The van der Waals surface area contributed by atoms with Crippen molar-refractivity contribution in [2.45, 2.75) is 155 Å². The van der Waals surface area contributed by atoms with Gasteiger partial charge in [0.15, 0.2) is 0 Å². The van der Waals surface area contributed by atoms with E-state index < -0.39 is 65.3 Å². The van der Waals surface area contributed by atoms with Gasteiger partial charge in [-0.3, -0.25) is 24.0 Å². The van der Waals surface area contributed by atoms with Gasteiger partial charge in [-0.05, 0) is 110 Å². The lowest BCUT2D eigenvalue weighted by Gasteiger charge is -2.54. The Morgan fingerprint density at radius 3 is 1.61 bits per heavy atom. The van der Waals surface area contributed by atoms with E-state index in [4.69, 9.17) is 9.47 Å². The van der Waals surface area contributed by atoms with Crippen molar-refractivity contribution in [2.24, 2.45) is 17.3 Å². The Kier molecular flexibility index (Phi) is 18.2. The number of amides is 7. The van der Waals surface area contributed by atoms with Crippen molar-refractivity contribution in [2.75, 3.05) is 32.7 Å². The minimum Gasteiger partial charge on any atom is -0.444 e. The molecule has 1 spiro atoms. The molecule has 0 bridgehead atoms. The second kappa shape index (κ2) is 23.4. The first-order valence-corrected chi connectivity index (χ1v) is 24.1. The Balaban J connectivity index is 1.30. The van der Waals surface area contributed by atoms with Gasteiger partial charge in [0, 0.05) is 56.9 Å². The number of alkyl carbamates (subject to hydrolysis) is 2. The molecule has 3 fully saturated rings. The minimum atomic E-state index is -1.16. The Bertz CT molecular complexity index is 2000. The van der Waals surface area contributed by atoms with E-state index in [0.717, 1.165) is 36.8 Å². The summed E-state index contributed by atoms with van der Waals surface area (Å²) in [5.74, 6) is -1.62. The number of likely N-dealkylation sites (tertiary alicyclic amines) is 2. The molecule has 3 aliphatic rings. The van der Waals surface area contributed by atoms with Gasteiger partial charge in [-0.15, -0.1) is 0 Å². The third-order valence-corrected chi connectivity index (χ3v) is 12.2. The number of rotatable bonds is 20. The second-order valence-electron chi connectivity index (χ2n) is 21.1. The fourth-order valence-corrected chi connectivity index (χ4v) is 8.57. The molecule has 2 aromatic rings. The molecule has 67 heavy (non-hydrogen) atoms. The lowest BCUT2D eigenvalue weighted by molar-refractivity contribution is -0.152. The smallest absolute Gasteiger partial charge is 0.408 e. The van der Waals surface area contributed by atoms with Crippen LogP contribution in [0.5, 0.6) is 0 Å². The summed E-state index contributed by atoms with van der Waals surface area (Å²) < 4.78 is 10.8. The van der Waals surface area contributed by atoms with Crippen LogP contribution >= 0.6 is 0 Å². The van der Waals surface area contributed by atoms with E-state index in [1.807, 2.05) is 79.4 Å². The fraction of sp³-hybridized carbons (Fsp3) is 0.627. The average molecular weight is 930 g/mol. The van der Waals surface area contributed by atoms with E-state index in [0.29, 0.717) is 45.6 Å².